The van der Waals surface area contributed by atoms with Gasteiger partial charge < -0.3 is 5.32 Å². The molecule has 0 aliphatic heterocycles. The van der Waals surface area contributed by atoms with E-state index in [0.29, 0.717) is 15.9 Å². The molecule has 3 aromatic carbocycles. The molecule has 1 amide bonds. The largest absolute Gasteiger partial charge is 0.325 e. The van der Waals surface area contributed by atoms with E-state index in [0.717, 1.165) is 38.9 Å². The first-order chi connectivity index (χ1) is 14.1. The number of benzene rings is 3. The summed E-state index contributed by atoms with van der Waals surface area (Å²) in [4.78, 5) is 17.1. The smallest absolute Gasteiger partial charge is 0.234 e. The van der Waals surface area contributed by atoms with Gasteiger partial charge in [-0.25, -0.2) is 4.98 Å². The molecule has 5 nitrogen and oxygen atoms in total. The molecule has 0 radical (unpaired) electrons. The summed E-state index contributed by atoms with van der Waals surface area (Å²) in [5, 5.41) is 14.9. The summed E-state index contributed by atoms with van der Waals surface area (Å²) < 4.78 is 0. The lowest BCUT2D eigenvalue weighted by molar-refractivity contribution is -0.113. The van der Waals surface area contributed by atoms with E-state index < -0.39 is 0 Å². The van der Waals surface area contributed by atoms with Crippen LogP contribution in [0.15, 0.2) is 59.8 Å². The Bertz CT molecular complexity index is 1290. The molecule has 0 saturated heterocycles. The minimum absolute atomic E-state index is 0.144. The van der Waals surface area contributed by atoms with Gasteiger partial charge in [-0.15, -0.1) is 10.2 Å². The van der Waals surface area contributed by atoms with E-state index in [2.05, 4.69) is 33.7 Å². The highest BCUT2D eigenvalue weighted by atomic mass is 35.5. The highest BCUT2D eigenvalue weighted by Crippen LogP contribution is 2.44. The van der Waals surface area contributed by atoms with Crippen molar-refractivity contribution >= 4 is 45.7 Å². The number of halogens is 1. The maximum Gasteiger partial charge on any atom is 0.234 e. The van der Waals surface area contributed by atoms with E-state index >= 15 is 0 Å². The fourth-order valence-electron chi connectivity index (χ4n) is 3.52. The van der Waals surface area contributed by atoms with Gasteiger partial charge in [0.2, 0.25) is 11.1 Å². The lowest BCUT2D eigenvalue weighted by Crippen LogP contribution is -2.15. The van der Waals surface area contributed by atoms with E-state index in [1.807, 2.05) is 31.2 Å². The maximum atomic E-state index is 12.4. The number of fused-ring (bicyclic) bond motifs is 3. The van der Waals surface area contributed by atoms with Gasteiger partial charge in [-0.05, 0) is 30.0 Å². The Balaban J connectivity index is 1.36. The average molecular weight is 419 g/mol. The number of carbonyl (C=O) groups excluding carboxylic acids is 1. The van der Waals surface area contributed by atoms with Crippen LogP contribution in [-0.2, 0) is 4.79 Å². The summed E-state index contributed by atoms with van der Waals surface area (Å²) in [6, 6.07) is 17.7. The first-order valence-electron chi connectivity index (χ1n) is 9.06. The van der Waals surface area contributed by atoms with Crippen molar-refractivity contribution < 1.29 is 4.79 Å². The zero-order valence-electron chi connectivity index (χ0n) is 15.4. The van der Waals surface area contributed by atoms with Crippen LogP contribution in [0.3, 0.4) is 0 Å². The SMILES string of the molecule is Cc1ccc(Cl)cc1NC(=O)CSc1nnc2c(n1)-c1cccc3cccc-2c13. The summed E-state index contributed by atoms with van der Waals surface area (Å²) in [6.07, 6.45) is 0. The first-order valence-corrected chi connectivity index (χ1v) is 10.4. The van der Waals surface area contributed by atoms with E-state index in [4.69, 9.17) is 16.6 Å². The number of nitrogens with zero attached hydrogens (tertiary/aromatic N) is 3. The number of amides is 1. The Morgan fingerprint density at radius 3 is 2.59 bits per heavy atom. The number of aromatic nitrogens is 3. The summed E-state index contributed by atoms with van der Waals surface area (Å²) in [6.45, 7) is 1.92. The van der Waals surface area contributed by atoms with Gasteiger partial charge in [0, 0.05) is 27.2 Å². The van der Waals surface area contributed by atoms with Crippen molar-refractivity contribution in [3.8, 4) is 22.5 Å². The van der Waals surface area contributed by atoms with Crippen molar-refractivity contribution in [2.24, 2.45) is 0 Å². The van der Waals surface area contributed by atoms with Gasteiger partial charge in [-0.2, -0.15) is 0 Å². The number of aryl methyl sites for hydroxylation is 1. The molecule has 5 rings (SSSR count). The van der Waals surface area contributed by atoms with Gasteiger partial charge in [0.15, 0.2) is 0 Å². The average Bonchev–Trinajstić information content (AvgIpc) is 3.05. The minimum Gasteiger partial charge on any atom is -0.325 e. The van der Waals surface area contributed by atoms with Crippen LogP contribution in [0.2, 0.25) is 5.02 Å². The zero-order chi connectivity index (χ0) is 20.0. The first kappa shape index (κ1) is 18.1. The molecule has 0 unspecified atom stereocenters. The molecule has 1 heterocycles. The van der Waals surface area contributed by atoms with Crippen molar-refractivity contribution in [3.05, 3.63) is 65.2 Å². The molecular weight excluding hydrogens is 404 g/mol. The van der Waals surface area contributed by atoms with Gasteiger partial charge in [0.1, 0.15) is 11.4 Å². The molecule has 4 aromatic rings. The van der Waals surface area contributed by atoms with Gasteiger partial charge in [-0.1, -0.05) is 65.8 Å². The van der Waals surface area contributed by atoms with Gasteiger partial charge in [-0.3, -0.25) is 4.79 Å². The summed E-state index contributed by atoms with van der Waals surface area (Å²) in [5.74, 6) is 0.0404. The summed E-state index contributed by atoms with van der Waals surface area (Å²) in [7, 11) is 0. The van der Waals surface area contributed by atoms with Crippen LogP contribution in [-0.4, -0.2) is 26.8 Å². The molecule has 29 heavy (non-hydrogen) atoms. The van der Waals surface area contributed by atoms with E-state index in [-0.39, 0.29) is 11.7 Å². The monoisotopic (exact) mass is 418 g/mol. The van der Waals surface area contributed by atoms with Crippen molar-refractivity contribution in [3.63, 3.8) is 0 Å². The summed E-state index contributed by atoms with van der Waals surface area (Å²) in [5.41, 5.74) is 5.38. The van der Waals surface area contributed by atoms with E-state index in [1.165, 1.54) is 11.8 Å². The number of rotatable bonds is 4. The van der Waals surface area contributed by atoms with Crippen LogP contribution in [0.5, 0.6) is 0 Å². The topological polar surface area (TPSA) is 67.8 Å². The normalized spacial score (nSPS) is 11.5. The van der Waals surface area contributed by atoms with Gasteiger partial charge in [0.25, 0.3) is 0 Å². The molecule has 0 bridgehead atoms. The van der Waals surface area contributed by atoms with Crippen LogP contribution < -0.4 is 5.32 Å². The Morgan fingerprint density at radius 2 is 1.79 bits per heavy atom. The molecule has 1 aliphatic rings. The molecule has 1 aromatic heterocycles. The Labute approximate surface area is 176 Å². The van der Waals surface area contributed by atoms with E-state index in [9.17, 15) is 4.79 Å². The molecule has 1 aliphatic carbocycles. The third-order valence-electron chi connectivity index (χ3n) is 4.89. The van der Waals surface area contributed by atoms with Crippen LogP contribution in [0, 0.1) is 6.92 Å². The molecule has 1 N–H and O–H groups in total. The number of thioether (sulfide) groups is 1. The third kappa shape index (κ3) is 3.24. The van der Waals surface area contributed by atoms with Crippen molar-refractivity contribution in [2.75, 3.05) is 11.1 Å². The Hall–Kier alpha value is -2.96. The molecule has 7 heteroatoms. The predicted molar refractivity (Wildman–Crippen MR) is 117 cm³/mol. The van der Waals surface area contributed by atoms with Crippen molar-refractivity contribution in [1.29, 1.82) is 0 Å². The zero-order valence-corrected chi connectivity index (χ0v) is 17.0. The minimum atomic E-state index is -0.144. The highest BCUT2D eigenvalue weighted by molar-refractivity contribution is 7.99. The number of nitrogens with one attached hydrogen (secondary N) is 1. The molecule has 0 fully saturated rings. The second-order valence-corrected chi connectivity index (χ2v) is 8.18. The van der Waals surface area contributed by atoms with Crippen molar-refractivity contribution in [2.45, 2.75) is 12.1 Å². The number of hydrogen-bond acceptors (Lipinski definition) is 5. The third-order valence-corrected chi connectivity index (χ3v) is 5.96. The summed E-state index contributed by atoms with van der Waals surface area (Å²) >= 11 is 7.28. The maximum absolute atomic E-state index is 12.4. The molecule has 0 atom stereocenters. The lowest BCUT2D eigenvalue weighted by atomic mass is 10.0. The van der Waals surface area contributed by atoms with Crippen LogP contribution >= 0.6 is 23.4 Å². The predicted octanol–water partition coefficient (Wildman–Crippen LogP) is 5.36. The van der Waals surface area contributed by atoms with Crippen LogP contribution in [0.4, 0.5) is 5.69 Å². The van der Waals surface area contributed by atoms with Gasteiger partial charge in [0.05, 0.1) is 5.75 Å². The standard InChI is InChI=1S/C22H15ClN4OS/c1-12-8-9-14(23)10-17(12)24-18(28)11-29-22-25-20-15-6-2-4-13-5-3-7-16(19(13)15)21(20)26-27-22/h2-10H,11H2,1H3,(H,24,28). The van der Waals surface area contributed by atoms with Crippen LogP contribution in [0.25, 0.3) is 33.3 Å². The second-order valence-electron chi connectivity index (χ2n) is 6.80. The van der Waals surface area contributed by atoms with Crippen LogP contribution in [0.1, 0.15) is 5.56 Å². The van der Waals surface area contributed by atoms with Crippen molar-refractivity contribution in [1.82, 2.24) is 15.2 Å². The Morgan fingerprint density at radius 1 is 1.03 bits per heavy atom. The highest BCUT2D eigenvalue weighted by Gasteiger charge is 2.25. The molecular formula is C22H15ClN4OS. The number of hydrogen-bond donors (Lipinski definition) is 1. The van der Waals surface area contributed by atoms with E-state index in [1.54, 1.807) is 12.1 Å². The number of carbonyl (C=O) groups is 1. The fourth-order valence-corrected chi connectivity index (χ4v) is 4.28. The molecule has 0 saturated carbocycles. The Kier molecular flexibility index (Phi) is 4.45. The lowest BCUT2D eigenvalue weighted by Gasteiger charge is -2.08. The fraction of sp³-hybridized carbons (Fsp3) is 0.0909. The second kappa shape index (κ2) is 7.13. The van der Waals surface area contributed by atoms with Gasteiger partial charge >= 0.3 is 0 Å². The molecule has 142 valence electrons. The molecule has 0 spiro atoms. The number of anilines is 1. The quantitative estimate of drug-likeness (QED) is 0.397.